The van der Waals surface area contributed by atoms with E-state index in [1.54, 1.807) is 6.92 Å². The molecule has 0 heterocycles. The van der Waals surface area contributed by atoms with Crippen LogP contribution >= 0.6 is 0 Å². The fourth-order valence-corrected chi connectivity index (χ4v) is 1.26. The first-order chi connectivity index (χ1) is 6.86. The number of halogens is 3. The van der Waals surface area contributed by atoms with Gasteiger partial charge in [0.2, 0.25) is 0 Å². The number of alkyl halides is 3. The molecule has 1 aromatic rings. The standard InChI is InChI=1S/C10H9F3O2/c1-2-6-5-7(10(11,12)13)3-4-8(6)9(14)15/h3-5H,2H2,1H3,(H,14,15)/p-1. The van der Waals surface area contributed by atoms with E-state index in [1.165, 1.54) is 0 Å². The Morgan fingerprint density at radius 3 is 2.40 bits per heavy atom. The van der Waals surface area contributed by atoms with Crippen molar-refractivity contribution in [2.45, 2.75) is 19.5 Å². The Bertz CT molecular complexity index is 383. The molecule has 0 aliphatic carbocycles. The van der Waals surface area contributed by atoms with Crippen molar-refractivity contribution in [2.24, 2.45) is 0 Å². The van der Waals surface area contributed by atoms with Gasteiger partial charge < -0.3 is 9.90 Å². The average molecular weight is 217 g/mol. The minimum Gasteiger partial charge on any atom is -0.545 e. The molecule has 0 amide bonds. The summed E-state index contributed by atoms with van der Waals surface area (Å²) in [6.45, 7) is 1.59. The molecule has 0 aromatic heterocycles. The molecule has 1 aromatic carbocycles. The Morgan fingerprint density at radius 1 is 1.40 bits per heavy atom. The summed E-state index contributed by atoms with van der Waals surface area (Å²) >= 11 is 0. The zero-order chi connectivity index (χ0) is 11.6. The molecule has 0 aliphatic heterocycles. The maximum Gasteiger partial charge on any atom is 0.416 e. The molecule has 0 N–H and O–H groups in total. The Labute approximate surface area is 84.3 Å². The van der Waals surface area contributed by atoms with Crippen LogP contribution in [0.25, 0.3) is 0 Å². The van der Waals surface area contributed by atoms with E-state index in [0.29, 0.717) is 0 Å². The van der Waals surface area contributed by atoms with Crippen molar-refractivity contribution in [3.05, 3.63) is 34.9 Å². The van der Waals surface area contributed by atoms with Gasteiger partial charge in [-0.2, -0.15) is 13.2 Å². The van der Waals surface area contributed by atoms with E-state index >= 15 is 0 Å². The van der Waals surface area contributed by atoms with Crippen LogP contribution in [0, 0.1) is 0 Å². The fraction of sp³-hybridized carbons (Fsp3) is 0.300. The van der Waals surface area contributed by atoms with Gasteiger partial charge in [0.15, 0.2) is 0 Å². The van der Waals surface area contributed by atoms with Crippen molar-refractivity contribution in [3.63, 3.8) is 0 Å². The maximum absolute atomic E-state index is 12.3. The molecular weight excluding hydrogens is 209 g/mol. The van der Waals surface area contributed by atoms with Gasteiger partial charge in [0.05, 0.1) is 11.5 Å². The van der Waals surface area contributed by atoms with Crippen molar-refractivity contribution in [2.75, 3.05) is 0 Å². The molecule has 0 bridgehead atoms. The summed E-state index contributed by atoms with van der Waals surface area (Å²) in [6, 6.07) is 2.51. The molecular formula is C10H8F3O2-. The van der Waals surface area contributed by atoms with Gasteiger partial charge in [0.1, 0.15) is 0 Å². The smallest absolute Gasteiger partial charge is 0.416 e. The van der Waals surface area contributed by atoms with Crippen molar-refractivity contribution >= 4 is 5.97 Å². The van der Waals surface area contributed by atoms with Crippen molar-refractivity contribution < 1.29 is 23.1 Å². The lowest BCUT2D eigenvalue weighted by molar-refractivity contribution is -0.255. The third-order valence-electron chi connectivity index (χ3n) is 2.03. The van der Waals surface area contributed by atoms with Crippen molar-refractivity contribution in [1.29, 1.82) is 0 Å². The zero-order valence-corrected chi connectivity index (χ0v) is 7.89. The maximum atomic E-state index is 12.3. The van der Waals surface area contributed by atoms with Crippen LogP contribution < -0.4 is 5.11 Å². The first-order valence-electron chi connectivity index (χ1n) is 4.27. The molecule has 1 rings (SSSR count). The van der Waals surface area contributed by atoms with E-state index in [1.807, 2.05) is 0 Å². The van der Waals surface area contributed by atoms with Crippen LogP contribution in [0.4, 0.5) is 13.2 Å². The average Bonchev–Trinajstić information content (AvgIpc) is 2.15. The normalized spacial score (nSPS) is 11.5. The number of carboxylic acids is 1. The molecule has 5 heteroatoms. The summed E-state index contributed by atoms with van der Waals surface area (Å²) < 4.78 is 36.8. The third-order valence-corrected chi connectivity index (χ3v) is 2.03. The summed E-state index contributed by atoms with van der Waals surface area (Å²) in [4.78, 5) is 10.5. The first kappa shape index (κ1) is 11.6. The summed E-state index contributed by atoms with van der Waals surface area (Å²) in [5, 5.41) is 10.5. The topological polar surface area (TPSA) is 40.1 Å². The number of benzene rings is 1. The Hall–Kier alpha value is -1.52. The van der Waals surface area contributed by atoms with E-state index in [0.717, 1.165) is 18.2 Å². The van der Waals surface area contributed by atoms with Gasteiger partial charge >= 0.3 is 6.18 Å². The molecule has 0 saturated carbocycles. The summed E-state index contributed by atoms with van der Waals surface area (Å²) in [6.07, 6.45) is -4.23. The van der Waals surface area contributed by atoms with E-state index in [9.17, 15) is 23.1 Å². The Morgan fingerprint density at radius 2 is 2.00 bits per heavy atom. The second-order valence-electron chi connectivity index (χ2n) is 3.01. The highest BCUT2D eigenvalue weighted by Gasteiger charge is 2.30. The number of carbonyl (C=O) groups excluding carboxylic acids is 1. The van der Waals surface area contributed by atoms with Crippen LogP contribution in [0.3, 0.4) is 0 Å². The van der Waals surface area contributed by atoms with Crippen LogP contribution in [-0.2, 0) is 12.6 Å². The highest BCUT2D eigenvalue weighted by molar-refractivity contribution is 5.87. The number of hydrogen-bond acceptors (Lipinski definition) is 2. The minimum atomic E-state index is -4.45. The second kappa shape index (κ2) is 3.92. The molecule has 82 valence electrons. The SMILES string of the molecule is CCc1cc(C(F)(F)F)ccc1C(=O)[O-]. The molecule has 0 spiro atoms. The number of carboxylic acid groups (broad SMARTS) is 1. The lowest BCUT2D eigenvalue weighted by Gasteiger charge is -2.12. The molecule has 0 atom stereocenters. The van der Waals surface area contributed by atoms with Gasteiger partial charge in [-0.05, 0) is 24.1 Å². The summed E-state index contributed by atoms with van der Waals surface area (Å²) in [7, 11) is 0. The van der Waals surface area contributed by atoms with E-state index in [-0.39, 0.29) is 17.5 Å². The number of rotatable bonds is 2. The molecule has 0 aliphatic rings. The van der Waals surface area contributed by atoms with E-state index < -0.39 is 17.7 Å². The zero-order valence-electron chi connectivity index (χ0n) is 7.89. The second-order valence-corrected chi connectivity index (χ2v) is 3.01. The largest absolute Gasteiger partial charge is 0.545 e. The Balaban J connectivity index is 3.25. The number of carbonyl (C=O) groups is 1. The van der Waals surface area contributed by atoms with Gasteiger partial charge in [0.25, 0.3) is 0 Å². The summed E-state index contributed by atoms with van der Waals surface area (Å²) in [5.74, 6) is -1.46. The predicted molar refractivity (Wildman–Crippen MR) is 45.2 cm³/mol. The van der Waals surface area contributed by atoms with E-state index in [2.05, 4.69) is 0 Å². The van der Waals surface area contributed by atoms with Crippen LogP contribution in [0.2, 0.25) is 0 Å². The Kier molecular flexibility index (Phi) is 3.02. The van der Waals surface area contributed by atoms with Gasteiger partial charge in [-0.3, -0.25) is 0 Å². The van der Waals surface area contributed by atoms with E-state index in [4.69, 9.17) is 0 Å². The molecule has 0 saturated heterocycles. The molecule has 2 nitrogen and oxygen atoms in total. The number of aryl methyl sites for hydroxylation is 1. The quantitative estimate of drug-likeness (QED) is 0.755. The highest BCUT2D eigenvalue weighted by atomic mass is 19.4. The fourth-order valence-electron chi connectivity index (χ4n) is 1.26. The molecule has 0 unspecified atom stereocenters. The molecule has 0 fully saturated rings. The predicted octanol–water partition coefficient (Wildman–Crippen LogP) is 1.63. The number of hydrogen-bond donors (Lipinski definition) is 0. The number of aromatic carboxylic acids is 1. The van der Waals surface area contributed by atoms with Crippen LogP contribution in [0.5, 0.6) is 0 Å². The van der Waals surface area contributed by atoms with Gasteiger partial charge in [-0.15, -0.1) is 0 Å². The third kappa shape index (κ3) is 2.49. The highest BCUT2D eigenvalue weighted by Crippen LogP contribution is 2.30. The lowest BCUT2D eigenvalue weighted by Crippen LogP contribution is -2.24. The van der Waals surface area contributed by atoms with Crippen LogP contribution in [0.15, 0.2) is 18.2 Å². The first-order valence-corrected chi connectivity index (χ1v) is 4.27. The monoisotopic (exact) mass is 217 g/mol. The summed E-state index contributed by atoms with van der Waals surface area (Å²) in [5.41, 5.74) is -0.903. The van der Waals surface area contributed by atoms with Crippen molar-refractivity contribution in [1.82, 2.24) is 0 Å². The van der Waals surface area contributed by atoms with Gasteiger partial charge in [-0.1, -0.05) is 13.0 Å². The van der Waals surface area contributed by atoms with Crippen molar-refractivity contribution in [3.8, 4) is 0 Å². The van der Waals surface area contributed by atoms with Crippen LogP contribution in [0.1, 0.15) is 28.4 Å². The van der Waals surface area contributed by atoms with Crippen LogP contribution in [-0.4, -0.2) is 5.97 Å². The molecule has 15 heavy (non-hydrogen) atoms. The van der Waals surface area contributed by atoms with Gasteiger partial charge in [0, 0.05) is 5.56 Å². The lowest BCUT2D eigenvalue weighted by atomic mass is 10.0. The minimum absolute atomic E-state index is 0.129. The molecule has 0 radical (unpaired) electrons. The van der Waals surface area contributed by atoms with Gasteiger partial charge in [-0.25, -0.2) is 0 Å².